The van der Waals surface area contributed by atoms with Gasteiger partial charge in [-0.2, -0.15) is 11.8 Å². The van der Waals surface area contributed by atoms with Crippen LogP contribution in [0.5, 0.6) is 0 Å². The van der Waals surface area contributed by atoms with Crippen LogP contribution in [0.4, 0.5) is 11.4 Å². The van der Waals surface area contributed by atoms with Crippen LogP contribution in [0.15, 0.2) is 23.1 Å². The van der Waals surface area contributed by atoms with E-state index in [1.807, 2.05) is 13.2 Å². The van der Waals surface area contributed by atoms with E-state index in [-0.39, 0.29) is 22.3 Å². The Hall–Kier alpha value is -1.28. The lowest BCUT2D eigenvalue weighted by Crippen LogP contribution is -2.22. The zero-order valence-electron chi connectivity index (χ0n) is 11.6. The van der Waals surface area contributed by atoms with E-state index >= 15 is 0 Å². The number of nitrogens with zero attached hydrogens (tertiary/aromatic N) is 1. The van der Waals surface area contributed by atoms with Gasteiger partial charge in [0.1, 0.15) is 10.6 Å². The Morgan fingerprint density at radius 2 is 2.10 bits per heavy atom. The predicted molar refractivity (Wildman–Crippen MR) is 82.3 cm³/mol. The molecule has 0 aliphatic carbocycles. The summed E-state index contributed by atoms with van der Waals surface area (Å²) >= 11 is 1.63. The van der Waals surface area contributed by atoms with Crippen molar-refractivity contribution in [3.63, 3.8) is 0 Å². The Morgan fingerprint density at radius 1 is 1.45 bits per heavy atom. The molecule has 0 spiro atoms. The molecule has 0 heterocycles. The van der Waals surface area contributed by atoms with E-state index in [0.717, 1.165) is 18.4 Å². The van der Waals surface area contributed by atoms with Gasteiger partial charge < -0.3 is 5.32 Å². The third-order valence-corrected chi connectivity index (χ3v) is 4.67. The number of nitro benzene ring substituents is 1. The molecule has 6 nitrogen and oxygen atoms in total. The second-order valence-electron chi connectivity index (χ2n) is 4.39. The van der Waals surface area contributed by atoms with E-state index in [2.05, 4.69) is 5.32 Å². The Balaban J connectivity index is 3.30. The summed E-state index contributed by atoms with van der Waals surface area (Å²) in [4.78, 5) is 10.3. The van der Waals surface area contributed by atoms with Gasteiger partial charge in [0.15, 0.2) is 9.84 Å². The Labute approximate surface area is 123 Å². The van der Waals surface area contributed by atoms with E-state index < -0.39 is 14.8 Å². The van der Waals surface area contributed by atoms with Crippen molar-refractivity contribution in [2.24, 2.45) is 0 Å². The normalized spacial score (nSPS) is 12.9. The van der Waals surface area contributed by atoms with Gasteiger partial charge in [-0.1, -0.05) is 13.0 Å². The van der Waals surface area contributed by atoms with Crippen molar-refractivity contribution in [1.82, 2.24) is 0 Å². The molecule has 0 aromatic heterocycles. The number of nitrogens with one attached hydrogen (secondary N) is 1. The highest BCUT2D eigenvalue weighted by Gasteiger charge is 2.26. The van der Waals surface area contributed by atoms with Crippen molar-refractivity contribution in [2.75, 3.05) is 23.6 Å². The monoisotopic (exact) mass is 318 g/mol. The molecule has 1 aromatic carbocycles. The number of para-hydroxylation sites is 1. The Morgan fingerprint density at radius 3 is 2.55 bits per heavy atom. The zero-order valence-corrected chi connectivity index (χ0v) is 13.3. The maximum atomic E-state index is 11.7. The van der Waals surface area contributed by atoms with Crippen LogP contribution in [0, 0.1) is 10.1 Å². The minimum Gasteiger partial charge on any atom is -0.376 e. The first-order valence-electron chi connectivity index (χ1n) is 6.04. The Kier molecular flexibility index (Phi) is 5.82. The summed E-state index contributed by atoms with van der Waals surface area (Å²) in [7, 11) is -3.64. The van der Waals surface area contributed by atoms with Gasteiger partial charge in [0.25, 0.3) is 0 Å². The first-order chi connectivity index (χ1) is 9.31. The molecule has 1 atom stereocenters. The fourth-order valence-electron chi connectivity index (χ4n) is 1.81. The molecule has 0 aliphatic heterocycles. The Bertz CT molecular complexity index is 587. The standard InChI is InChI=1S/C12H18N2O4S2/c1-4-9(8-19-2)13-10-6-5-7-11(20(3,17)18)12(10)14(15)16/h5-7,9,13H,4,8H2,1-3H3. The fourth-order valence-corrected chi connectivity index (χ4v) is 3.39. The van der Waals surface area contributed by atoms with Crippen molar-refractivity contribution in [2.45, 2.75) is 24.3 Å². The van der Waals surface area contributed by atoms with Crippen LogP contribution in [0.2, 0.25) is 0 Å². The highest BCUT2D eigenvalue weighted by molar-refractivity contribution is 7.98. The van der Waals surface area contributed by atoms with Crippen molar-refractivity contribution in [3.05, 3.63) is 28.3 Å². The average Bonchev–Trinajstić information content (AvgIpc) is 2.36. The molecular formula is C12H18N2O4S2. The minimum absolute atomic E-state index is 0.0542. The molecule has 1 unspecified atom stereocenters. The summed E-state index contributed by atoms with van der Waals surface area (Å²) in [5.41, 5.74) is -0.131. The van der Waals surface area contributed by atoms with Crippen molar-refractivity contribution in [1.29, 1.82) is 0 Å². The SMILES string of the molecule is CCC(CSC)Nc1cccc(S(C)(=O)=O)c1[N+](=O)[O-]. The summed E-state index contributed by atoms with van der Waals surface area (Å²) in [6, 6.07) is 4.36. The average molecular weight is 318 g/mol. The van der Waals surface area contributed by atoms with E-state index in [9.17, 15) is 18.5 Å². The lowest BCUT2D eigenvalue weighted by Gasteiger charge is -2.17. The van der Waals surface area contributed by atoms with Gasteiger partial charge in [-0.15, -0.1) is 0 Å². The van der Waals surface area contributed by atoms with Gasteiger partial charge >= 0.3 is 5.69 Å². The summed E-state index contributed by atoms with van der Waals surface area (Å²) in [5, 5.41) is 14.3. The van der Waals surface area contributed by atoms with Crippen LogP contribution in [-0.4, -0.2) is 37.6 Å². The van der Waals surface area contributed by atoms with Crippen molar-refractivity contribution >= 4 is 33.0 Å². The molecule has 0 aliphatic rings. The summed E-state index contributed by atoms with van der Waals surface area (Å²) in [6.45, 7) is 1.97. The molecule has 8 heteroatoms. The highest BCUT2D eigenvalue weighted by Crippen LogP contribution is 2.32. The van der Waals surface area contributed by atoms with Crippen molar-refractivity contribution in [3.8, 4) is 0 Å². The minimum atomic E-state index is -3.64. The zero-order chi connectivity index (χ0) is 15.3. The largest absolute Gasteiger partial charge is 0.376 e. The molecule has 1 aromatic rings. The first-order valence-corrected chi connectivity index (χ1v) is 9.32. The molecule has 0 amide bonds. The number of benzene rings is 1. The molecule has 20 heavy (non-hydrogen) atoms. The summed E-state index contributed by atoms with van der Waals surface area (Å²) < 4.78 is 23.3. The van der Waals surface area contributed by atoms with E-state index in [0.29, 0.717) is 0 Å². The smallest absolute Gasteiger partial charge is 0.310 e. The number of thioether (sulfide) groups is 1. The number of rotatable bonds is 7. The molecule has 1 N–H and O–H groups in total. The van der Waals surface area contributed by atoms with Crippen LogP contribution in [0.3, 0.4) is 0 Å². The number of anilines is 1. The molecule has 1 rings (SSSR count). The summed E-state index contributed by atoms with van der Waals surface area (Å²) in [6.07, 6.45) is 3.71. The van der Waals surface area contributed by atoms with Gasteiger partial charge in [-0.25, -0.2) is 8.42 Å². The number of sulfone groups is 1. The van der Waals surface area contributed by atoms with Crippen LogP contribution in [0.25, 0.3) is 0 Å². The number of hydrogen-bond donors (Lipinski definition) is 1. The van der Waals surface area contributed by atoms with Gasteiger partial charge in [0.05, 0.1) is 4.92 Å². The predicted octanol–water partition coefficient (Wildman–Crippen LogP) is 2.55. The molecule has 112 valence electrons. The highest BCUT2D eigenvalue weighted by atomic mass is 32.2. The van der Waals surface area contributed by atoms with Gasteiger partial charge in [-0.3, -0.25) is 10.1 Å². The maximum Gasteiger partial charge on any atom is 0.310 e. The van der Waals surface area contributed by atoms with Gasteiger partial charge in [0.2, 0.25) is 0 Å². The fraction of sp³-hybridized carbons (Fsp3) is 0.500. The number of nitro groups is 1. The first kappa shape index (κ1) is 16.8. The lowest BCUT2D eigenvalue weighted by atomic mass is 10.2. The third-order valence-electron chi connectivity index (χ3n) is 2.80. The second kappa shape index (κ2) is 6.94. The van der Waals surface area contributed by atoms with E-state index in [1.165, 1.54) is 18.2 Å². The third kappa shape index (κ3) is 4.11. The van der Waals surface area contributed by atoms with E-state index in [1.54, 1.807) is 11.8 Å². The van der Waals surface area contributed by atoms with E-state index in [4.69, 9.17) is 0 Å². The van der Waals surface area contributed by atoms with Gasteiger partial charge in [-0.05, 0) is 24.8 Å². The maximum absolute atomic E-state index is 11.7. The van der Waals surface area contributed by atoms with Gasteiger partial charge in [0, 0.05) is 18.1 Å². The van der Waals surface area contributed by atoms with Crippen LogP contribution < -0.4 is 5.32 Å². The molecule has 0 saturated carbocycles. The number of hydrogen-bond acceptors (Lipinski definition) is 6. The topological polar surface area (TPSA) is 89.3 Å². The van der Waals surface area contributed by atoms with Crippen molar-refractivity contribution < 1.29 is 13.3 Å². The molecule has 0 radical (unpaired) electrons. The molecular weight excluding hydrogens is 300 g/mol. The molecule has 0 fully saturated rings. The molecule has 0 saturated heterocycles. The van der Waals surface area contributed by atoms with Crippen LogP contribution >= 0.6 is 11.8 Å². The lowest BCUT2D eigenvalue weighted by molar-refractivity contribution is -0.386. The van der Waals surface area contributed by atoms with Crippen LogP contribution in [0.1, 0.15) is 13.3 Å². The summed E-state index contributed by atoms with van der Waals surface area (Å²) in [5.74, 6) is 0.788. The quantitative estimate of drug-likeness (QED) is 0.614. The second-order valence-corrected chi connectivity index (χ2v) is 7.28. The van der Waals surface area contributed by atoms with Crippen LogP contribution in [-0.2, 0) is 9.84 Å². The molecule has 0 bridgehead atoms.